The van der Waals surface area contributed by atoms with Crippen LogP contribution in [-0.2, 0) is 11.8 Å². The molecular formula is C9H9Cl2NO2. The molecule has 1 aromatic carbocycles. The van der Waals surface area contributed by atoms with Gasteiger partial charge in [-0.15, -0.1) is 23.2 Å². The molecule has 0 N–H and O–H groups in total. The van der Waals surface area contributed by atoms with Gasteiger partial charge in [0, 0.05) is 23.4 Å². The van der Waals surface area contributed by atoms with Crippen molar-refractivity contribution in [1.29, 1.82) is 0 Å². The van der Waals surface area contributed by atoms with Gasteiger partial charge < -0.3 is 0 Å². The van der Waals surface area contributed by atoms with Crippen molar-refractivity contribution >= 4 is 28.9 Å². The Morgan fingerprint density at radius 3 is 2.43 bits per heavy atom. The average molecular weight is 234 g/mol. The lowest BCUT2D eigenvalue weighted by Gasteiger charge is -2.05. The molecule has 76 valence electrons. The number of alkyl halides is 2. The van der Waals surface area contributed by atoms with Crippen LogP contribution in [0.3, 0.4) is 0 Å². The summed E-state index contributed by atoms with van der Waals surface area (Å²) in [6.07, 6.45) is 0. The Morgan fingerprint density at radius 2 is 2.00 bits per heavy atom. The summed E-state index contributed by atoms with van der Waals surface area (Å²) in [4.78, 5) is 10.3. The third-order valence-corrected chi connectivity index (χ3v) is 2.64. The van der Waals surface area contributed by atoms with Gasteiger partial charge in [0.25, 0.3) is 5.69 Å². The normalized spacial score (nSPS) is 10.2. The zero-order valence-corrected chi connectivity index (χ0v) is 9.10. The first-order valence-corrected chi connectivity index (χ1v) is 5.05. The monoisotopic (exact) mass is 233 g/mol. The van der Waals surface area contributed by atoms with Crippen molar-refractivity contribution in [3.8, 4) is 0 Å². The molecule has 5 heteroatoms. The molecule has 0 unspecified atom stereocenters. The minimum Gasteiger partial charge on any atom is -0.258 e. The van der Waals surface area contributed by atoms with Gasteiger partial charge in [-0.25, -0.2) is 0 Å². The Balaban J connectivity index is 3.34. The minimum absolute atomic E-state index is 0.0822. The van der Waals surface area contributed by atoms with E-state index in [0.29, 0.717) is 5.56 Å². The van der Waals surface area contributed by atoms with Crippen molar-refractivity contribution in [2.45, 2.75) is 18.7 Å². The molecule has 0 spiro atoms. The molecule has 0 heterocycles. The van der Waals surface area contributed by atoms with Gasteiger partial charge in [0.05, 0.1) is 4.92 Å². The first-order valence-electron chi connectivity index (χ1n) is 3.99. The van der Waals surface area contributed by atoms with E-state index in [9.17, 15) is 10.1 Å². The highest BCUT2D eigenvalue weighted by atomic mass is 35.5. The van der Waals surface area contributed by atoms with Crippen LogP contribution >= 0.6 is 23.2 Å². The summed E-state index contributed by atoms with van der Waals surface area (Å²) >= 11 is 11.3. The van der Waals surface area contributed by atoms with Gasteiger partial charge in [0.2, 0.25) is 0 Å². The van der Waals surface area contributed by atoms with E-state index in [1.54, 1.807) is 13.0 Å². The molecule has 0 saturated carbocycles. The van der Waals surface area contributed by atoms with E-state index in [0.717, 1.165) is 11.1 Å². The zero-order chi connectivity index (χ0) is 10.7. The minimum atomic E-state index is -0.415. The lowest BCUT2D eigenvalue weighted by Crippen LogP contribution is -1.97. The third-order valence-electron chi connectivity index (χ3n) is 2.04. The smallest absolute Gasteiger partial charge is 0.258 e. The van der Waals surface area contributed by atoms with Crippen LogP contribution < -0.4 is 0 Å². The van der Waals surface area contributed by atoms with Gasteiger partial charge in [-0.3, -0.25) is 10.1 Å². The van der Waals surface area contributed by atoms with E-state index in [2.05, 4.69) is 0 Å². The van der Waals surface area contributed by atoms with Crippen molar-refractivity contribution in [3.05, 3.63) is 38.9 Å². The zero-order valence-electron chi connectivity index (χ0n) is 7.59. The van der Waals surface area contributed by atoms with E-state index in [1.165, 1.54) is 6.07 Å². The van der Waals surface area contributed by atoms with E-state index in [1.807, 2.05) is 0 Å². The van der Waals surface area contributed by atoms with Crippen LogP contribution in [0.4, 0.5) is 5.69 Å². The summed E-state index contributed by atoms with van der Waals surface area (Å²) in [6, 6.07) is 3.28. The van der Waals surface area contributed by atoms with Crippen LogP contribution in [0.5, 0.6) is 0 Å². The van der Waals surface area contributed by atoms with Gasteiger partial charge in [0.1, 0.15) is 0 Å². The lowest BCUT2D eigenvalue weighted by atomic mass is 10.0. The fraction of sp³-hybridized carbons (Fsp3) is 0.333. The summed E-state index contributed by atoms with van der Waals surface area (Å²) in [5.41, 5.74) is 2.17. The average Bonchev–Trinajstić information content (AvgIpc) is 2.17. The molecule has 0 atom stereocenters. The maximum atomic E-state index is 10.7. The quantitative estimate of drug-likeness (QED) is 0.457. The third kappa shape index (κ3) is 2.16. The Kier molecular flexibility index (Phi) is 3.72. The first kappa shape index (κ1) is 11.3. The fourth-order valence-electron chi connectivity index (χ4n) is 1.23. The van der Waals surface area contributed by atoms with Gasteiger partial charge in [-0.1, -0.05) is 6.07 Å². The van der Waals surface area contributed by atoms with Crippen molar-refractivity contribution < 1.29 is 4.92 Å². The Hall–Kier alpha value is -0.800. The second kappa shape index (κ2) is 4.62. The number of hydrogen-bond acceptors (Lipinski definition) is 2. The van der Waals surface area contributed by atoms with E-state index in [-0.39, 0.29) is 17.4 Å². The molecule has 0 aromatic heterocycles. The predicted molar refractivity (Wildman–Crippen MR) is 56.9 cm³/mol. The maximum absolute atomic E-state index is 10.7. The molecule has 0 aliphatic rings. The molecule has 1 aromatic rings. The molecule has 0 saturated heterocycles. The Bertz CT molecular complexity index is 366. The predicted octanol–water partition coefficient (Wildman–Crippen LogP) is 3.38. The fourth-order valence-corrected chi connectivity index (χ4v) is 1.66. The largest absolute Gasteiger partial charge is 0.272 e. The van der Waals surface area contributed by atoms with Crippen LogP contribution in [0.1, 0.15) is 16.7 Å². The summed E-state index contributed by atoms with van der Waals surface area (Å²) in [5.74, 6) is 0.516. The second-order valence-corrected chi connectivity index (χ2v) is 3.46. The highest BCUT2D eigenvalue weighted by Crippen LogP contribution is 2.25. The molecule has 1 rings (SSSR count). The van der Waals surface area contributed by atoms with Gasteiger partial charge in [-0.2, -0.15) is 0 Å². The number of hydrogen-bond donors (Lipinski definition) is 0. The number of rotatable bonds is 3. The standard InChI is InChI=1S/C9H9Cl2NO2/c1-6-8(5-11)2-7(4-10)3-9(6)12(13)14/h2-3H,4-5H2,1H3. The van der Waals surface area contributed by atoms with E-state index in [4.69, 9.17) is 23.2 Å². The van der Waals surface area contributed by atoms with Crippen molar-refractivity contribution in [1.82, 2.24) is 0 Å². The van der Waals surface area contributed by atoms with Crippen molar-refractivity contribution in [3.63, 3.8) is 0 Å². The number of halogens is 2. The van der Waals surface area contributed by atoms with E-state index < -0.39 is 4.92 Å². The van der Waals surface area contributed by atoms with Crippen LogP contribution in [0.15, 0.2) is 12.1 Å². The summed E-state index contributed by atoms with van der Waals surface area (Å²) < 4.78 is 0. The molecular weight excluding hydrogens is 225 g/mol. The van der Waals surface area contributed by atoms with Crippen LogP contribution in [0.25, 0.3) is 0 Å². The molecule has 3 nitrogen and oxygen atoms in total. The highest BCUT2D eigenvalue weighted by molar-refractivity contribution is 6.17. The van der Waals surface area contributed by atoms with Crippen LogP contribution in [0, 0.1) is 17.0 Å². The van der Waals surface area contributed by atoms with Gasteiger partial charge in [0.15, 0.2) is 0 Å². The maximum Gasteiger partial charge on any atom is 0.272 e. The van der Waals surface area contributed by atoms with E-state index >= 15 is 0 Å². The molecule has 14 heavy (non-hydrogen) atoms. The second-order valence-electron chi connectivity index (χ2n) is 2.92. The first-order chi connectivity index (χ1) is 6.60. The SMILES string of the molecule is Cc1c(CCl)cc(CCl)cc1[N+](=O)[O-]. The lowest BCUT2D eigenvalue weighted by molar-refractivity contribution is -0.385. The molecule has 0 aliphatic carbocycles. The Morgan fingerprint density at radius 1 is 1.36 bits per heavy atom. The molecule has 0 bridgehead atoms. The topological polar surface area (TPSA) is 43.1 Å². The number of nitro benzene ring substituents is 1. The van der Waals surface area contributed by atoms with Crippen molar-refractivity contribution in [2.75, 3.05) is 0 Å². The molecule has 0 fully saturated rings. The number of benzene rings is 1. The molecule has 0 aliphatic heterocycles. The molecule has 0 radical (unpaired) electrons. The van der Waals surface area contributed by atoms with Crippen LogP contribution in [-0.4, -0.2) is 4.92 Å². The number of nitro groups is 1. The summed E-state index contributed by atoms with van der Waals surface area (Å²) in [7, 11) is 0. The molecule has 0 amide bonds. The highest BCUT2D eigenvalue weighted by Gasteiger charge is 2.14. The van der Waals surface area contributed by atoms with Crippen molar-refractivity contribution in [2.24, 2.45) is 0 Å². The number of nitrogens with zero attached hydrogens (tertiary/aromatic N) is 1. The van der Waals surface area contributed by atoms with Gasteiger partial charge >= 0.3 is 0 Å². The summed E-state index contributed by atoms with van der Waals surface area (Å²) in [5, 5.41) is 10.7. The Labute approximate surface area is 91.8 Å². The van der Waals surface area contributed by atoms with Gasteiger partial charge in [-0.05, 0) is 18.1 Å². The summed E-state index contributed by atoms with van der Waals surface area (Å²) in [6.45, 7) is 1.69. The van der Waals surface area contributed by atoms with Crippen LogP contribution in [0.2, 0.25) is 0 Å².